The Morgan fingerprint density at radius 2 is 1.72 bits per heavy atom. The average molecular weight is 370 g/mol. The number of hydrogen-bond acceptors (Lipinski definition) is 2. The lowest BCUT2D eigenvalue weighted by Gasteiger charge is -2.14. The van der Waals surface area contributed by atoms with Crippen LogP contribution in [0.2, 0.25) is 0 Å². The summed E-state index contributed by atoms with van der Waals surface area (Å²) in [6, 6.07) is 6.30. The van der Waals surface area contributed by atoms with Gasteiger partial charge in [-0.2, -0.15) is 0 Å². The van der Waals surface area contributed by atoms with Crippen LogP contribution in [0.15, 0.2) is 33.3 Å². The maximum Gasteiger partial charge on any atom is 0.133 e. The number of nitrogens with one attached hydrogen (secondary N) is 1. The topological polar surface area (TPSA) is 24.9 Å². The molecule has 0 unspecified atom stereocenters. The Bertz CT molecular complexity index is 571. The Balaban J connectivity index is 2.40. The number of aromatic nitrogens is 1. The van der Waals surface area contributed by atoms with Gasteiger partial charge in [-0.3, -0.25) is 0 Å². The minimum absolute atomic E-state index is 0.880. The molecule has 94 valence electrons. The molecule has 0 aliphatic carbocycles. The van der Waals surface area contributed by atoms with Crippen molar-refractivity contribution in [3.05, 3.63) is 50.0 Å². The van der Waals surface area contributed by atoms with E-state index in [2.05, 4.69) is 68.1 Å². The molecule has 0 aliphatic rings. The van der Waals surface area contributed by atoms with Crippen LogP contribution in [0.1, 0.15) is 16.7 Å². The molecule has 0 aliphatic heterocycles. The van der Waals surface area contributed by atoms with Crippen molar-refractivity contribution in [1.29, 1.82) is 0 Å². The summed E-state index contributed by atoms with van der Waals surface area (Å²) >= 11 is 7.02. The molecule has 0 atom stereocenters. The molecule has 2 rings (SSSR count). The van der Waals surface area contributed by atoms with E-state index in [4.69, 9.17) is 0 Å². The summed E-state index contributed by atoms with van der Waals surface area (Å²) < 4.78 is 2.05. The third kappa shape index (κ3) is 2.93. The molecule has 0 amide bonds. The lowest BCUT2D eigenvalue weighted by atomic mass is 10.1. The van der Waals surface area contributed by atoms with E-state index in [1.165, 1.54) is 11.1 Å². The fourth-order valence-corrected chi connectivity index (χ4v) is 3.08. The lowest BCUT2D eigenvalue weighted by Crippen LogP contribution is -1.99. The molecule has 2 nitrogen and oxygen atoms in total. The van der Waals surface area contributed by atoms with Gasteiger partial charge in [-0.1, -0.05) is 6.07 Å². The predicted molar refractivity (Wildman–Crippen MR) is 83.6 cm³/mol. The first-order chi connectivity index (χ1) is 8.47. The molecule has 0 bridgehead atoms. The van der Waals surface area contributed by atoms with E-state index in [9.17, 15) is 0 Å². The molecule has 1 N–H and O–H groups in total. The maximum absolute atomic E-state index is 4.40. The fourth-order valence-electron chi connectivity index (χ4n) is 1.86. The highest BCUT2D eigenvalue weighted by molar-refractivity contribution is 9.10. The number of benzene rings is 1. The summed E-state index contributed by atoms with van der Waals surface area (Å²) in [6.45, 7) is 6.22. The van der Waals surface area contributed by atoms with Gasteiger partial charge in [0.25, 0.3) is 0 Å². The van der Waals surface area contributed by atoms with Crippen LogP contribution in [0.3, 0.4) is 0 Å². The Kier molecular flexibility index (Phi) is 4.07. The minimum atomic E-state index is 0.880. The van der Waals surface area contributed by atoms with Crippen LogP contribution in [0.25, 0.3) is 0 Å². The Labute approximate surface area is 124 Å². The van der Waals surface area contributed by atoms with Crippen molar-refractivity contribution in [2.24, 2.45) is 0 Å². The van der Waals surface area contributed by atoms with E-state index in [1.807, 2.05) is 13.0 Å². The van der Waals surface area contributed by atoms with Gasteiger partial charge >= 0.3 is 0 Å². The highest BCUT2D eigenvalue weighted by Gasteiger charge is 2.08. The average Bonchev–Trinajstić information content (AvgIpc) is 2.25. The fraction of sp³-hybridized carbons (Fsp3) is 0.214. The van der Waals surface area contributed by atoms with E-state index in [-0.39, 0.29) is 0 Å². The number of pyridine rings is 1. The number of anilines is 2. The third-order valence-electron chi connectivity index (χ3n) is 2.72. The maximum atomic E-state index is 4.40. The molecule has 1 aromatic heterocycles. The van der Waals surface area contributed by atoms with Crippen molar-refractivity contribution in [2.75, 3.05) is 5.32 Å². The molecule has 1 heterocycles. The molecule has 0 fully saturated rings. The van der Waals surface area contributed by atoms with E-state index >= 15 is 0 Å². The number of hydrogen-bond donors (Lipinski definition) is 1. The second kappa shape index (κ2) is 5.41. The SMILES string of the molecule is Cc1cc(C)c(Nc2ncc(Br)cc2C)c(Br)c1. The van der Waals surface area contributed by atoms with Crippen LogP contribution >= 0.6 is 31.9 Å². The second-order valence-electron chi connectivity index (χ2n) is 4.38. The van der Waals surface area contributed by atoms with Crippen molar-refractivity contribution < 1.29 is 0 Å². The molecule has 2 aromatic rings. The van der Waals surface area contributed by atoms with E-state index < -0.39 is 0 Å². The first-order valence-electron chi connectivity index (χ1n) is 5.63. The summed E-state index contributed by atoms with van der Waals surface area (Å²) in [4.78, 5) is 4.40. The Morgan fingerprint density at radius 3 is 2.33 bits per heavy atom. The molecule has 4 heteroatoms. The second-order valence-corrected chi connectivity index (χ2v) is 6.15. The van der Waals surface area contributed by atoms with Crippen molar-refractivity contribution in [1.82, 2.24) is 4.98 Å². The number of rotatable bonds is 2. The van der Waals surface area contributed by atoms with Gasteiger partial charge in [-0.15, -0.1) is 0 Å². The monoisotopic (exact) mass is 368 g/mol. The molecule has 0 saturated carbocycles. The van der Waals surface area contributed by atoms with Crippen LogP contribution in [0, 0.1) is 20.8 Å². The van der Waals surface area contributed by atoms with Crippen LogP contribution in [-0.4, -0.2) is 4.98 Å². The Hall–Kier alpha value is -0.870. The largest absolute Gasteiger partial charge is 0.339 e. The van der Waals surface area contributed by atoms with Crippen molar-refractivity contribution in [3.63, 3.8) is 0 Å². The van der Waals surface area contributed by atoms with Gasteiger partial charge in [-0.05, 0) is 81.5 Å². The quantitative estimate of drug-likeness (QED) is 0.779. The van der Waals surface area contributed by atoms with Gasteiger partial charge in [0.1, 0.15) is 5.82 Å². The van der Waals surface area contributed by atoms with Gasteiger partial charge < -0.3 is 5.32 Å². The van der Waals surface area contributed by atoms with Crippen molar-refractivity contribution in [2.45, 2.75) is 20.8 Å². The summed E-state index contributed by atoms with van der Waals surface area (Å²) in [5.74, 6) is 0.880. The highest BCUT2D eigenvalue weighted by Crippen LogP contribution is 2.31. The zero-order valence-electron chi connectivity index (χ0n) is 10.5. The van der Waals surface area contributed by atoms with Crippen LogP contribution in [0.4, 0.5) is 11.5 Å². The van der Waals surface area contributed by atoms with Crippen LogP contribution in [0.5, 0.6) is 0 Å². The van der Waals surface area contributed by atoms with Gasteiger partial charge in [0.05, 0.1) is 5.69 Å². The van der Waals surface area contributed by atoms with E-state index in [0.717, 1.165) is 26.0 Å². The number of aryl methyl sites for hydroxylation is 3. The zero-order valence-corrected chi connectivity index (χ0v) is 13.7. The van der Waals surface area contributed by atoms with Crippen molar-refractivity contribution in [3.8, 4) is 0 Å². The van der Waals surface area contributed by atoms with Crippen molar-refractivity contribution >= 4 is 43.4 Å². The zero-order chi connectivity index (χ0) is 13.3. The van der Waals surface area contributed by atoms with E-state index in [1.54, 1.807) is 6.20 Å². The van der Waals surface area contributed by atoms with Crippen LogP contribution < -0.4 is 5.32 Å². The predicted octanol–water partition coefficient (Wildman–Crippen LogP) is 5.28. The molecule has 0 spiro atoms. The standard InChI is InChI=1S/C14H14Br2N2/c1-8-4-9(2)13(12(16)5-8)18-14-10(3)6-11(15)7-17-14/h4-7H,1-3H3,(H,17,18). The van der Waals surface area contributed by atoms with Crippen LogP contribution in [-0.2, 0) is 0 Å². The third-order valence-corrected chi connectivity index (χ3v) is 3.78. The van der Waals surface area contributed by atoms with E-state index in [0.29, 0.717) is 0 Å². The first kappa shape index (κ1) is 13.6. The number of nitrogens with zero attached hydrogens (tertiary/aromatic N) is 1. The summed E-state index contributed by atoms with van der Waals surface area (Å²) in [5, 5.41) is 3.38. The summed E-state index contributed by atoms with van der Waals surface area (Å²) in [7, 11) is 0. The van der Waals surface area contributed by atoms with Gasteiger partial charge in [0.15, 0.2) is 0 Å². The first-order valence-corrected chi connectivity index (χ1v) is 7.22. The molecule has 1 aromatic carbocycles. The Morgan fingerprint density at radius 1 is 1.00 bits per heavy atom. The molecular weight excluding hydrogens is 356 g/mol. The van der Waals surface area contributed by atoms with Gasteiger partial charge in [0.2, 0.25) is 0 Å². The van der Waals surface area contributed by atoms with Gasteiger partial charge in [-0.25, -0.2) is 4.98 Å². The highest BCUT2D eigenvalue weighted by atomic mass is 79.9. The molecule has 0 radical (unpaired) electrons. The summed E-state index contributed by atoms with van der Waals surface area (Å²) in [5.41, 5.74) is 4.62. The molecule has 18 heavy (non-hydrogen) atoms. The minimum Gasteiger partial charge on any atom is -0.339 e. The lowest BCUT2D eigenvalue weighted by molar-refractivity contribution is 1.23. The smallest absolute Gasteiger partial charge is 0.133 e. The molecule has 0 saturated heterocycles. The molecular formula is C14H14Br2N2. The number of halogens is 2. The summed E-state index contributed by atoms with van der Waals surface area (Å²) in [6.07, 6.45) is 1.80. The normalized spacial score (nSPS) is 10.5. The van der Waals surface area contributed by atoms with Gasteiger partial charge in [0, 0.05) is 15.1 Å².